The minimum Gasteiger partial charge on any atom is -0.334 e. The summed E-state index contributed by atoms with van der Waals surface area (Å²) >= 11 is 0. The predicted molar refractivity (Wildman–Crippen MR) is 87.2 cm³/mol. The molecule has 2 fully saturated rings. The maximum Gasteiger partial charge on any atom is 0.214 e. The van der Waals surface area contributed by atoms with Gasteiger partial charge in [0.05, 0.1) is 5.75 Å². The van der Waals surface area contributed by atoms with Crippen molar-refractivity contribution in [3.8, 4) is 0 Å². The highest BCUT2D eigenvalue weighted by molar-refractivity contribution is 7.89. The molecule has 0 atom stereocenters. The summed E-state index contributed by atoms with van der Waals surface area (Å²) < 4.78 is 28.5. The Kier molecular flexibility index (Phi) is 4.88. The highest BCUT2D eigenvalue weighted by atomic mass is 32.2. The van der Waals surface area contributed by atoms with Gasteiger partial charge in [0.15, 0.2) is 0 Å². The van der Waals surface area contributed by atoms with Gasteiger partial charge in [-0.15, -0.1) is 0 Å². The molecule has 1 aliphatic heterocycles. The minimum atomic E-state index is -3.05. The molecule has 124 valence electrons. The van der Waals surface area contributed by atoms with Gasteiger partial charge in [0, 0.05) is 37.9 Å². The van der Waals surface area contributed by atoms with Crippen LogP contribution in [0.1, 0.15) is 57.2 Å². The fourth-order valence-electron chi connectivity index (χ4n) is 3.26. The zero-order valence-electron chi connectivity index (χ0n) is 13.4. The number of hydrogen-bond donors (Lipinski definition) is 0. The maximum absolute atomic E-state index is 12.3. The molecule has 0 radical (unpaired) electrons. The van der Waals surface area contributed by atoms with Gasteiger partial charge in [0.25, 0.3) is 0 Å². The SMILES string of the molecule is CCCCS(=O)(=O)N1CCC(c2nccn2CC2CC2)CC1. The van der Waals surface area contributed by atoms with E-state index in [1.165, 1.54) is 12.8 Å². The first-order valence-corrected chi connectivity index (χ1v) is 10.2. The topological polar surface area (TPSA) is 55.2 Å². The van der Waals surface area contributed by atoms with Crippen molar-refractivity contribution in [2.45, 2.75) is 57.9 Å². The molecule has 2 heterocycles. The van der Waals surface area contributed by atoms with E-state index in [1.54, 1.807) is 4.31 Å². The molecule has 6 heteroatoms. The van der Waals surface area contributed by atoms with Crippen molar-refractivity contribution in [3.63, 3.8) is 0 Å². The molecular weight excluding hydrogens is 298 g/mol. The average molecular weight is 325 g/mol. The van der Waals surface area contributed by atoms with Crippen molar-refractivity contribution >= 4 is 10.0 Å². The van der Waals surface area contributed by atoms with Crippen LogP contribution in [0.2, 0.25) is 0 Å². The second-order valence-electron chi connectivity index (χ2n) is 6.72. The molecule has 1 saturated carbocycles. The van der Waals surface area contributed by atoms with Crippen molar-refractivity contribution in [2.24, 2.45) is 5.92 Å². The number of rotatable bonds is 7. The molecule has 0 bridgehead atoms. The first-order chi connectivity index (χ1) is 10.6. The Balaban J connectivity index is 1.58. The van der Waals surface area contributed by atoms with Crippen molar-refractivity contribution < 1.29 is 8.42 Å². The van der Waals surface area contributed by atoms with Crippen molar-refractivity contribution in [2.75, 3.05) is 18.8 Å². The standard InChI is InChI=1S/C16H27N3O2S/c1-2-3-12-22(20,21)19-9-6-15(7-10-19)16-17-8-11-18(16)13-14-4-5-14/h8,11,14-15H,2-7,9-10,12-13H2,1H3. The maximum atomic E-state index is 12.3. The van der Waals surface area contributed by atoms with Crippen LogP contribution in [0.15, 0.2) is 12.4 Å². The molecule has 1 aromatic rings. The summed E-state index contributed by atoms with van der Waals surface area (Å²) in [6.45, 7) is 4.41. The second-order valence-corrected chi connectivity index (χ2v) is 8.81. The lowest BCUT2D eigenvalue weighted by atomic mass is 9.97. The molecule has 2 aliphatic rings. The zero-order chi connectivity index (χ0) is 15.6. The number of hydrogen-bond acceptors (Lipinski definition) is 3. The average Bonchev–Trinajstić information content (AvgIpc) is 3.21. The summed E-state index contributed by atoms with van der Waals surface area (Å²) in [4.78, 5) is 4.55. The number of unbranched alkanes of at least 4 members (excludes halogenated alkanes) is 1. The molecule has 3 rings (SSSR count). The molecular formula is C16H27N3O2S. The van der Waals surface area contributed by atoms with Gasteiger partial charge in [-0.05, 0) is 38.0 Å². The fraction of sp³-hybridized carbons (Fsp3) is 0.812. The summed E-state index contributed by atoms with van der Waals surface area (Å²) in [6.07, 6.45) is 10.1. The molecule has 5 nitrogen and oxygen atoms in total. The monoisotopic (exact) mass is 325 g/mol. The van der Waals surface area contributed by atoms with E-state index >= 15 is 0 Å². The molecule has 0 aromatic carbocycles. The third-order valence-corrected chi connectivity index (χ3v) is 6.82. The highest BCUT2D eigenvalue weighted by Crippen LogP contribution is 2.33. The highest BCUT2D eigenvalue weighted by Gasteiger charge is 2.31. The Morgan fingerprint density at radius 3 is 2.59 bits per heavy atom. The van der Waals surface area contributed by atoms with Crippen LogP contribution in [0.3, 0.4) is 0 Å². The number of sulfonamides is 1. The van der Waals surface area contributed by atoms with Crippen LogP contribution < -0.4 is 0 Å². The van der Waals surface area contributed by atoms with Crippen LogP contribution in [-0.2, 0) is 16.6 Å². The summed E-state index contributed by atoms with van der Waals surface area (Å²) in [6, 6.07) is 0. The van der Waals surface area contributed by atoms with Gasteiger partial charge in [0.2, 0.25) is 10.0 Å². The van der Waals surface area contributed by atoms with Crippen LogP contribution in [0.5, 0.6) is 0 Å². The van der Waals surface area contributed by atoms with E-state index in [4.69, 9.17) is 0 Å². The summed E-state index contributed by atoms with van der Waals surface area (Å²) in [7, 11) is -3.05. The lowest BCUT2D eigenvalue weighted by Gasteiger charge is -2.31. The van der Waals surface area contributed by atoms with Crippen LogP contribution in [0, 0.1) is 5.92 Å². The van der Waals surface area contributed by atoms with Gasteiger partial charge in [-0.3, -0.25) is 0 Å². The summed E-state index contributed by atoms with van der Waals surface area (Å²) in [5, 5.41) is 0. The van der Waals surface area contributed by atoms with Gasteiger partial charge in [-0.2, -0.15) is 0 Å². The van der Waals surface area contributed by atoms with Crippen molar-refractivity contribution in [3.05, 3.63) is 18.2 Å². The van der Waals surface area contributed by atoms with Gasteiger partial charge in [-0.1, -0.05) is 13.3 Å². The normalized spacial score (nSPS) is 21.3. The lowest BCUT2D eigenvalue weighted by molar-refractivity contribution is 0.308. The van der Waals surface area contributed by atoms with Crippen molar-refractivity contribution in [1.82, 2.24) is 13.9 Å². The van der Waals surface area contributed by atoms with E-state index in [0.717, 1.165) is 44.0 Å². The smallest absolute Gasteiger partial charge is 0.214 e. The third kappa shape index (κ3) is 3.71. The van der Waals surface area contributed by atoms with Crippen LogP contribution >= 0.6 is 0 Å². The molecule has 22 heavy (non-hydrogen) atoms. The van der Waals surface area contributed by atoms with E-state index < -0.39 is 10.0 Å². The van der Waals surface area contributed by atoms with Gasteiger partial charge >= 0.3 is 0 Å². The predicted octanol–water partition coefficient (Wildman–Crippen LogP) is 2.60. The van der Waals surface area contributed by atoms with Gasteiger partial charge in [-0.25, -0.2) is 17.7 Å². The van der Waals surface area contributed by atoms with Crippen LogP contribution in [0.4, 0.5) is 0 Å². The summed E-state index contributed by atoms with van der Waals surface area (Å²) in [5.41, 5.74) is 0. The first-order valence-electron chi connectivity index (χ1n) is 8.59. The number of nitrogens with zero attached hydrogens (tertiary/aromatic N) is 3. The van der Waals surface area contributed by atoms with Crippen molar-refractivity contribution in [1.29, 1.82) is 0 Å². The molecule has 1 saturated heterocycles. The Morgan fingerprint density at radius 1 is 1.23 bits per heavy atom. The Bertz CT molecular complexity index is 584. The van der Waals surface area contributed by atoms with Gasteiger partial charge in [0.1, 0.15) is 5.82 Å². The summed E-state index contributed by atoms with van der Waals surface area (Å²) in [5.74, 6) is 2.70. The number of imidazole rings is 1. The van der Waals surface area contributed by atoms with E-state index in [-0.39, 0.29) is 0 Å². The zero-order valence-corrected chi connectivity index (χ0v) is 14.3. The number of piperidine rings is 1. The van der Waals surface area contributed by atoms with E-state index in [9.17, 15) is 8.42 Å². The first kappa shape index (κ1) is 16.0. The largest absolute Gasteiger partial charge is 0.334 e. The van der Waals surface area contributed by atoms with Gasteiger partial charge < -0.3 is 4.57 Å². The van der Waals surface area contributed by atoms with E-state index in [0.29, 0.717) is 24.8 Å². The van der Waals surface area contributed by atoms with Crippen LogP contribution in [-0.4, -0.2) is 41.1 Å². The fourth-order valence-corrected chi connectivity index (χ4v) is 4.94. The van der Waals surface area contributed by atoms with E-state index in [2.05, 4.69) is 15.7 Å². The quantitative estimate of drug-likeness (QED) is 0.774. The molecule has 0 amide bonds. The molecule has 1 aromatic heterocycles. The molecule has 0 unspecified atom stereocenters. The molecule has 0 spiro atoms. The third-order valence-electron chi connectivity index (χ3n) is 4.87. The lowest BCUT2D eigenvalue weighted by Crippen LogP contribution is -2.39. The molecule has 1 aliphatic carbocycles. The van der Waals surface area contributed by atoms with Crippen LogP contribution in [0.25, 0.3) is 0 Å². The minimum absolute atomic E-state index is 0.296. The Labute approximate surface area is 133 Å². The Morgan fingerprint density at radius 2 is 1.95 bits per heavy atom. The number of aromatic nitrogens is 2. The molecule has 0 N–H and O–H groups in total. The second kappa shape index (κ2) is 6.71. The Hall–Kier alpha value is -0.880. The van der Waals surface area contributed by atoms with E-state index in [1.807, 2.05) is 13.1 Å².